The van der Waals surface area contributed by atoms with Crippen LogP contribution in [0.2, 0.25) is 5.02 Å². The number of rotatable bonds is 5. The van der Waals surface area contributed by atoms with Crippen molar-refractivity contribution in [3.63, 3.8) is 0 Å². The molecule has 4 aliphatic rings. The van der Waals surface area contributed by atoms with E-state index >= 15 is 0 Å². The Labute approximate surface area is 287 Å². The minimum atomic E-state index is -4.60. The lowest BCUT2D eigenvalue weighted by Crippen LogP contribution is -2.63. The number of hydrogen-bond donors (Lipinski definition) is 2. The molecule has 3 atom stereocenters. The fourth-order valence-electron chi connectivity index (χ4n) is 8.23. The summed E-state index contributed by atoms with van der Waals surface area (Å²) >= 11 is 6.15. The number of nitrogens with zero attached hydrogens (tertiary/aromatic N) is 6. The number of alkyl halides is 3. The van der Waals surface area contributed by atoms with Crippen LogP contribution in [0, 0.1) is 5.92 Å². The molecule has 2 fully saturated rings. The number of nitrogens with one attached hydrogen (secondary N) is 1. The monoisotopic (exact) mass is 709 g/mol. The third-order valence-electron chi connectivity index (χ3n) is 10.7. The van der Waals surface area contributed by atoms with Gasteiger partial charge in [0.1, 0.15) is 12.3 Å². The number of carbonyl (C=O) groups is 2. The van der Waals surface area contributed by atoms with Crippen molar-refractivity contribution in [1.29, 1.82) is 0 Å². The lowest BCUT2D eigenvalue weighted by atomic mass is 9.56. The van der Waals surface area contributed by atoms with Crippen LogP contribution >= 0.6 is 11.6 Å². The molecule has 2 amide bonds. The molecule has 260 valence electrons. The number of carbonyl (C=O) groups excluding carboxylic acids is 2. The van der Waals surface area contributed by atoms with Crippen LogP contribution in [0.5, 0.6) is 5.75 Å². The summed E-state index contributed by atoms with van der Waals surface area (Å²) in [6, 6.07) is 5.51. The van der Waals surface area contributed by atoms with E-state index in [1.165, 1.54) is 16.8 Å². The Balaban J connectivity index is 1.18. The second-order valence-corrected chi connectivity index (χ2v) is 13.6. The first-order chi connectivity index (χ1) is 24.0. The van der Waals surface area contributed by atoms with Gasteiger partial charge in [-0.25, -0.2) is 4.98 Å². The van der Waals surface area contributed by atoms with E-state index < -0.39 is 23.1 Å². The number of amides is 2. The van der Waals surface area contributed by atoms with E-state index in [1.807, 2.05) is 6.08 Å². The second kappa shape index (κ2) is 11.9. The summed E-state index contributed by atoms with van der Waals surface area (Å²) in [4.78, 5) is 52.2. The van der Waals surface area contributed by atoms with E-state index in [9.17, 15) is 32.7 Å². The Kier molecular flexibility index (Phi) is 7.75. The van der Waals surface area contributed by atoms with Gasteiger partial charge in [-0.3, -0.25) is 14.4 Å². The highest BCUT2D eigenvalue weighted by atomic mass is 35.5. The SMILES string of the molecule is O=C(Cn1c2c(c(=O)n3nc(C4=CCOCC4)nc13)[C@@]1(CC2)CCN(C(=O)c2ncccc2O)[C@@H]2CC[C@@H]21)Nc1ccc(C(F)(F)F)cc1Cl. The highest BCUT2D eigenvalue weighted by molar-refractivity contribution is 6.33. The second-order valence-electron chi connectivity index (χ2n) is 13.2. The fourth-order valence-corrected chi connectivity index (χ4v) is 8.45. The number of ether oxygens (including phenoxy) is 1. The van der Waals surface area contributed by atoms with Crippen molar-refractivity contribution < 1.29 is 32.6 Å². The zero-order valence-corrected chi connectivity index (χ0v) is 27.3. The van der Waals surface area contributed by atoms with Gasteiger partial charge in [0.05, 0.1) is 29.5 Å². The van der Waals surface area contributed by atoms with Gasteiger partial charge in [0.25, 0.3) is 11.5 Å². The lowest BCUT2D eigenvalue weighted by Gasteiger charge is -2.57. The average Bonchev–Trinajstić information content (AvgIpc) is 3.68. The molecule has 4 aromatic rings. The van der Waals surface area contributed by atoms with Crippen LogP contribution in [0.25, 0.3) is 11.4 Å². The molecule has 0 radical (unpaired) electrons. The van der Waals surface area contributed by atoms with Gasteiger partial charge in [0, 0.05) is 35.5 Å². The van der Waals surface area contributed by atoms with Crippen LogP contribution in [0.15, 0.2) is 47.4 Å². The maximum atomic E-state index is 14.5. The lowest BCUT2D eigenvalue weighted by molar-refractivity contribution is -0.137. The van der Waals surface area contributed by atoms with Gasteiger partial charge in [-0.1, -0.05) is 17.7 Å². The minimum absolute atomic E-state index is 0.0117. The molecular formula is C34H31ClF3N7O5. The molecule has 12 nitrogen and oxygen atoms in total. The van der Waals surface area contributed by atoms with Gasteiger partial charge in [-0.2, -0.15) is 22.7 Å². The van der Waals surface area contributed by atoms with Crippen LogP contribution in [0.1, 0.15) is 65.2 Å². The highest BCUT2D eigenvalue weighted by Gasteiger charge is 2.58. The highest BCUT2D eigenvalue weighted by Crippen LogP contribution is 2.56. The summed E-state index contributed by atoms with van der Waals surface area (Å²) in [7, 11) is 0. The van der Waals surface area contributed by atoms with E-state index in [2.05, 4.69) is 15.4 Å². The summed E-state index contributed by atoms with van der Waals surface area (Å²) < 4.78 is 48.0. The number of pyridine rings is 1. The predicted octanol–water partition coefficient (Wildman–Crippen LogP) is 4.61. The molecule has 1 saturated carbocycles. The van der Waals surface area contributed by atoms with Gasteiger partial charge in [-0.15, -0.1) is 5.10 Å². The van der Waals surface area contributed by atoms with Crippen LogP contribution in [0.3, 0.4) is 0 Å². The van der Waals surface area contributed by atoms with E-state index in [0.717, 1.165) is 36.6 Å². The van der Waals surface area contributed by atoms with Crippen molar-refractivity contribution >= 4 is 40.5 Å². The average molecular weight is 710 g/mol. The number of fused-ring (bicyclic) bond motifs is 5. The number of hydrogen-bond acceptors (Lipinski definition) is 8. The number of benzene rings is 1. The molecule has 0 bridgehead atoms. The molecule has 50 heavy (non-hydrogen) atoms. The van der Waals surface area contributed by atoms with Gasteiger partial charge in [0.15, 0.2) is 11.5 Å². The van der Waals surface area contributed by atoms with E-state index in [0.29, 0.717) is 62.5 Å². The topological polar surface area (TPSA) is 144 Å². The van der Waals surface area contributed by atoms with Crippen molar-refractivity contribution in [3.8, 4) is 5.75 Å². The van der Waals surface area contributed by atoms with Crippen LogP contribution in [0.4, 0.5) is 18.9 Å². The normalized spacial score (nSPS) is 23.0. The van der Waals surface area contributed by atoms with Crippen LogP contribution in [-0.4, -0.2) is 71.8 Å². The number of piperidine rings is 1. The molecule has 16 heteroatoms. The summed E-state index contributed by atoms with van der Waals surface area (Å²) in [6.07, 6.45) is 2.34. The Morgan fingerprint density at radius 1 is 1.16 bits per heavy atom. The van der Waals surface area contributed by atoms with E-state index in [1.54, 1.807) is 15.5 Å². The Morgan fingerprint density at radius 3 is 2.70 bits per heavy atom. The standard InChI is InChI=1S/C34H31ClF3N7O5/c35-21-16-19(34(36,37)38)3-5-22(21)40-26(47)17-44-24-7-10-33(27(24)30(48)45-32(44)41-29(42-45)18-8-14-50-15-9-18)11-13-43(23-6-4-20(23)33)31(49)28-25(46)2-1-12-39-28/h1-3,5,8,12,16,20,23,46H,4,6-7,9-11,13-15,17H2,(H,40,47)/t20-,23+,33-/m0/s1. The fraction of sp³-hybridized carbons (Fsp3) is 0.412. The van der Waals surface area contributed by atoms with Crippen LogP contribution in [-0.2, 0) is 34.1 Å². The molecule has 1 spiro atoms. The zero-order chi connectivity index (χ0) is 34.9. The largest absolute Gasteiger partial charge is 0.505 e. The summed E-state index contributed by atoms with van der Waals surface area (Å²) in [5.41, 5.74) is 0.141. The first-order valence-electron chi connectivity index (χ1n) is 16.4. The quantitative estimate of drug-likeness (QED) is 0.306. The molecule has 1 aromatic carbocycles. The third-order valence-corrected chi connectivity index (χ3v) is 11.0. The number of halogens is 4. The molecule has 2 aliphatic heterocycles. The van der Waals surface area contributed by atoms with E-state index in [-0.39, 0.29) is 57.9 Å². The Bertz CT molecular complexity index is 2160. The molecule has 5 heterocycles. The number of likely N-dealkylation sites (tertiary alicyclic amines) is 1. The molecule has 0 unspecified atom stereocenters. The summed E-state index contributed by atoms with van der Waals surface area (Å²) in [5.74, 6) is -0.657. The molecule has 2 aliphatic carbocycles. The number of anilines is 1. The van der Waals surface area contributed by atoms with Crippen molar-refractivity contribution in [3.05, 3.63) is 86.3 Å². The zero-order valence-electron chi connectivity index (χ0n) is 26.5. The summed E-state index contributed by atoms with van der Waals surface area (Å²) in [5, 5.41) is 17.3. The smallest absolute Gasteiger partial charge is 0.416 e. The van der Waals surface area contributed by atoms with Gasteiger partial charge >= 0.3 is 6.18 Å². The molecule has 8 rings (SSSR count). The van der Waals surface area contributed by atoms with Crippen molar-refractivity contribution in [2.45, 2.75) is 62.7 Å². The van der Waals surface area contributed by atoms with Gasteiger partial charge in [-0.05, 0) is 80.3 Å². The Morgan fingerprint density at radius 2 is 2.00 bits per heavy atom. The minimum Gasteiger partial charge on any atom is -0.505 e. The Hall–Kier alpha value is -4.76. The third kappa shape index (κ3) is 5.16. The molecular weight excluding hydrogens is 679 g/mol. The van der Waals surface area contributed by atoms with Crippen molar-refractivity contribution in [2.24, 2.45) is 5.92 Å². The summed E-state index contributed by atoms with van der Waals surface area (Å²) in [6.45, 7) is 0.877. The maximum absolute atomic E-state index is 14.5. The van der Waals surface area contributed by atoms with Crippen molar-refractivity contribution in [1.82, 2.24) is 29.0 Å². The van der Waals surface area contributed by atoms with Gasteiger partial charge in [0.2, 0.25) is 11.7 Å². The van der Waals surface area contributed by atoms with Crippen LogP contribution < -0.4 is 10.9 Å². The predicted molar refractivity (Wildman–Crippen MR) is 174 cm³/mol. The molecule has 3 aromatic heterocycles. The van der Waals surface area contributed by atoms with Crippen molar-refractivity contribution in [2.75, 3.05) is 25.1 Å². The van der Waals surface area contributed by atoms with Gasteiger partial charge < -0.3 is 24.6 Å². The molecule has 1 saturated heterocycles. The first-order valence-corrected chi connectivity index (χ1v) is 16.8. The number of aromatic nitrogens is 5. The van der Waals surface area contributed by atoms with E-state index in [4.69, 9.17) is 21.3 Å². The maximum Gasteiger partial charge on any atom is 0.416 e. The first kappa shape index (κ1) is 32.4. The molecule has 2 N–H and O–H groups in total. The number of aromatic hydroxyl groups is 1.